The third-order valence-electron chi connectivity index (χ3n) is 7.32. The highest BCUT2D eigenvalue weighted by Gasteiger charge is 2.39. The smallest absolute Gasteiger partial charge is 0.246 e. The van der Waals surface area contributed by atoms with E-state index in [0.29, 0.717) is 45.9 Å². The Balaban J connectivity index is 1.98. The standard InChI is InChI=1S/C31H38N6O6SSi/c1-21(29(38)23-16-14-22(20-32)15-17-23)44(39,40)36(18-19-45(5,6)7)31-35-34-30(24-10-8-13-27(33-24)43-4)37(31)28-25(41-2)11-9-12-26(28)42-3/h8-17,21,29,38H,18-19H2,1-7H3/t21-,29+/m0/s1. The van der Waals surface area contributed by atoms with Crippen LogP contribution in [0.2, 0.25) is 25.7 Å². The van der Waals surface area contributed by atoms with Crippen molar-refractivity contribution in [2.45, 2.75) is 44.0 Å². The van der Waals surface area contributed by atoms with Gasteiger partial charge in [-0.15, -0.1) is 10.2 Å². The quantitative estimate of drug-likeness (QED) is 0.199. The molecule has 0 radical (unpaired) electrons. The highest BCUT2D eigenvalue weighted by Crippen LogP contribution is 2.40. The first-order valence-electron chi connectivity index (χ1n) is 14.2. The van der Waals surface area contributed by atoms with Crippen LogP contribution in [0.5, 0.6) is 17.4 Å². The minimum absolute atomic E-state index is 0.0189. The zero-order valence-corrected chi connectivity index (χ0v) is 28.2. The van der Waals surface area contributed by atoms with Crippen molar-refractivity contribution in [1.29, 1.82) is 5.26 Å². The molecule has 0 saturated heterocycles. The van der Waals surface area contributed by atoms with Gasteiger partial charge in [0.15, 0.2) is 5.82 Å². The zero-order valence-electron chi connectivity index (χ0n) is 26.4. The summed E-state index contributed by atoms with van der Waals surface area (Å²) in [6.07, 6.45) is -1.39. The van der Waals surface area contributed by atoms with Crippen LogP contribution in [0.15, 0.2) is 60.7 Å². The molecule has 0 unspecified atom stereocenters. The molecule has 2 atom stereocenters. The molecular formula is C31H38N6O6SSi. The average Bonchev–Trinajstić information content (AvgIpc) is 3.47. The number of aliphatic hydroxyl groups is 1. The van der Waals surface area contributed by atoms with Gasteiger partial charge in [0.05, 0.1) is 39.1 Å². The van der Waals surface area contributed by atoms with Gasteiger partial charge in [-0.25, -0.2) is 17.7 Å². The number of benzene rings is 2. The molecule has 12 nitrogen and oxygen atoms in total. The number of aliphatic hydroxyl groups excluding tert-OH is 1. The van der Waals surface area contributed by atoms with Crippen LogP contribution in [-0.2, 0) is 10.0 Å². The van der Waals surface area contributed by atoms with Gasteiger partial charge in [0.1, 0.15) is 28.1 Å². The van der Waals surface area contributed by atoms with E-state index in [-0.39, 0.29) is 18.3 Å². The monoisotopic (exact) mass is 650 g/mol. The molecule has 0 amide bonds. The molecule has 4 aromatic rings. The largest absolute Gasteiger partial charge is 0.494 e. The Morgan fingerprint density at radius 2 is 1.58 bits per heavy atom. The van der Waals surface area contributed by atoms with Crippen LogP contribution in [0.4, 0.5) is 5.95 Å². The van der Waals surface area contributed by atoms with Crippen LogP contribution in [0.25, 0.3) is 17.2 Å². The summed E-state index contributed by atoms with van der Waals surface area (Å²) in [5, 5.41) is 28.1. The number of ether oxygens (including phenoxy) is 3. The van der Waals surface area contributed by atoms with Crippen LogP contribution >= 0.6 is 0 Å². The molecule has 0 aliphatic carbocycles. The van der Waals surface area contributed by atoms with E-state index in [0.717, 1.165) is 0 Å². The van der Waals surface area contributed by atoms with E-state index in [9.17, 15) is 18.8 Å². The number of hydrogen-bond acceptors (Lipinski definition) is 10. The molecule has 0 aliphatic heterocycles. The maximum atomic E-state index is 14.6. The van der Waals surface area contributed by atoms with Crippen molar-refractivity contribution in [2.24, 2.45) is 0 Å². The third kappa shape index (κ3) is 7.11. The molecule has 0 bridgehead atoms. The summed E-state index contributed by atoms with van der Waals surface area (Å²) in [5.74, 6) is 1.30. The number of aromatic nitrogens is 4. The normalized spacial score (nSPS) is 13.0. The maximum absolute atomic E-state index is 14.6. The van der Waals surface area contributed by atoms with E-state index in [1.807, 2.05) is 6.07 Å². The lowest BCUT2D eigenvalue weighted by Crippen LogP contribution is -2.44. The minimum Gasteiger partial charge on any atom is -0.494 e. The SMILES string of the molecule is COc1cccc(-c2nnc(N(CC[Si](C)(C)C)S(=O)(=O)[C@@H](C)[C@@H](O)c3ccc(C#N)cc3)n2-c2c(OC)cccc2OC)n1. The van der Waals surface area contributed by atoms with Crippen LogP contribution < -0.4 is 18.5 Å². The highest BCUT2D eigenvalue weighted by molar-refractivity contribution is 7.93. The fourth-order valence-electron chi connectivity index (χ4n) is 4.68. The van der Waals surface area contributed by atoms with Crippen LogP contribution in [0.1, 0.15) is 24.2 Å². The van der Waals surface area contributed by atoms with Gasteiger partial charge in [0.25, 0.3) is 0 Å². The van der Waals surface area contributed by atoms with Crippen molar-refractivity contribution < 1.29 is 27.7 Å². The number of hydrogen-bond donors (Lipinski definition) is 1. The van der Waals surface area contributed by atoms with Crippen molar-refractivity contribution >= 4 is 24.0 Å². The lowest BCUT2D eigenvalue weighted by molar-refractivity contribution is 0.176. The molecule has 238 valence electrons. The van der Waals surface area contributed by atoms with Crippen LogP contribution in [0.3, 0.4) is 0 Å². The van der Waals surface area contributed by atoms with E-state index < -0.39 is 29.5 Å². The number of nitrogens with zero attached hydrogens (tertiary/aromatic N) is 6. The van der Waals surface area contributed by atoms with Crippen LogP contribution in [-0.4, -0.2) is 74.5 Å². The van der Waals surface area contributed by atoms with E-state index >= 15 is 0 Å². The first-order chi connectivity index (χ1) is 21.4. The van der Waals surface area contributed by atoms with Gasteiger partial charge in [-0.3, -0.25) is 4.57 Å². The summed E-state index contributed by atoms with van der Waals surface area (Å²) in [7, 11) is -1.61. The highest BCUT2D eigenvalue weighted by atomic mass is 32.2. The van der Waals surface area contributed by atoms with E-state index in [1.165, 1.54) is 32.6 Å². The number of pyridine rings is 1. The van der Waals surface area contributed by atoms with E-state index in [2.05, 4.69) is 34.8 Å². The second-order valence-corrected chi connectivity index (χ2v) is 19.4. The number of methoxy groups -OCH3 is 3. The number of nitriles is 1. The van der Waals surface area contributed by atoms with Gasteiger partial charge in [-0.05, 0) is 48.9 Å². The summed E-state index contributed by atoms with van der Waals surface area (Å²) in [6, 6.07) is 19.2. The summed E-state index contributed by atoms with van der Waals surface area (Å²) in [6.45, 7) is 7.98. The number of sulfonamides is 1. The summed E-state index contributed by atoms with van der Waals surface area (Å²) < 4.78 is 48.7. The number of anilines is 1. The van der Waals surface area contributed by atoms with E-state index in [4.69, 9.17) is 14.2 Å². The molecule has 45 heavy (non-hydrogen) atoms. The van der Waals surface area contributed by atoms with Gasteiger partial charge in [0.2, 0.25) is 21.9 Å². The molecule has 2 aromatic heterocycles. The predicted octanol–water partition coefficient (Wildman–Crippen LogP) is 4.82. The summed E-state index contributed by atoms with van der Waals surface area (Å²) >= 11 is 0. The third-order valence-corrected chi connectivity index (χ3v) is 11.2. The Morgan fingerprint density at radius 3 is 2.13 bits per heavy atom. The lowest BCUT2D eigenvalue weighted by atomic mass is 10.1. The molecule has 1 N–H and O–H groups in total. The summed E-state index contributed by atoms with van der Waals surface area (Å²) in [4.78, 5) is 4.54. The molecule has 4 rings (SSSR count). The fraction of sp³-hybridized carbons (Fsp3) is 0.355. The van der Waals surface area contributed by atoms with Gasteiger partial charge < -0.3 is 19.3 Å². The lowest BCUT2D eigenvalue weighted by Gasteiger charge is -2.31. The molecule has 0 saturated carbocycles. The Labute approximate surface area is 264 Å². The predicted molar refractivity (Wildman–Crippen MR) is 174 cm³/mol. The van der Waals surface area contributed by atoms with E-state index in [1.54, 1.807) is 65.2 Å². The zero-order chi connectivity index (χ0) is 32.9. The topological polar surface area (TPSA) is 153 Å². The van der Waals surface area contributed by atoms with Crippen molar-refractivity contribution in [3.63, 3.8) is 0 Å². The fourth-order valence-corrected chi connectivity index (χ4v) is 7.31. The van der Waals surface area contributed by atoms with Crippen molar-refractivity contribution in [3.05, 3.63) is 71.8 Å². The van der Waals surface area contributed by atoms with Crippen molar-refractivity contribution in [1.82, 2.24) is 19.7 Å². The number of rotatable bonds is 13. The molecule has 2 aromatic carbocycles. The Hall–Kier alpha value is -4.45. The molecule has 0 spiro atoms. The molecule has 0 aliphatic rings. The van der Waals surface area contributed by atoms with Gasteiger partial charge in [0, 0.05) is 20.7 Å². The number of para-hydroxylation sites is 1. The summed E-state index contributed by atoms with van der Waals surface area (Å²) in [5.41, 5.74) is 1.50. The second kappa shape index (κ2) is 13.7. The minimum atomic E-state index is -4.30. The molecule has 2 heterocycles. The van der Waals surface area contributed by atoms with Gasteiger partial charge in [-0.1, -0.05) is 43.9 Å². The molecule has 0 fully saturated rings. The van der Waals surface area contributed by atoms with Gasteiger partial charge in [-0.2, -0.15) is 5.26 Å². The first-order valence-corrected chi connectivity index (χ1v) is 19.4. The molecule has 14 heteroatoms. The van der Waals surface area contributed by atoms with Crippen molar-refractivity contribution in [2.75, 3.05) is 32.2 Å². The van der Waals surface area contributed by atoms with Gasteiger partial charge >= 0.3 is 0 Å². The maximum Gasteiger partial charge on any atom is 0.246 e. The average molecular weight is 651 g/mol. The Morgan fingerprint density at radius 1 is 0.956 bits per heavy atom. The van der Waals surface area contributed by atoms with Crippen molar-refractivity contribution in [3.8, 4) is 40.7 Å². The molecular weight excluding hydrogens is 613 g/mol. The Bertz CT molecular complexity index is 1760. The second-order valence-electron chi connectivity index (χ2n) is 11.5. The Kier molecular flexibility index (Phi) is 10.2. The first kappa shape index (κ1) is 33.4. The van der Waals surface area contributed by atoms with Crippen LogP contribution in [0, 0.1) is 11.3 Å².